The molecule has 5 nitrogen and oxygen atoms in total. The van der Waals surface area contributed by atoms with Crippen LogP contribution in [0.15, 0.2) is 43.0 Å². The molecule has 0 radical (unpaired) electrons. The fraction of sp³-hybridized carbons (Fsp3) is 0.375. The Kier molecular flexibility index (Phi) is 3.75. The van der Waals surface area contributed by atoms with E-state index in [-0.39, 0.29) is 11.3 Å². The van der Waals surface area contributed by atoms with E-state index in [1.54, 1.807) is 12.5 Å². The molecule has 3 rings (SSSR count). The SMILES string of the molecule is NCC1(C(=O)Nc2cccc(-n3ccnc3)c2)CCCC1. The van der Waals surface area contributed by atoms with Gasteiger partial charge in [0.25, 0.3) is 0 Å². The zero-order valence-corrected chi connectivity index (χ0v) is 12.0. The van der Waals surface area contributed by atoms with E-state index in [4.69, 9.17) is 5.73 Å². The van der Waals surface area contributed by atoms with Gasteiger partial charge in [-0.1, -0.05) is 18.9 Å². The molecule has 0 aliphatic heterocycles. The monoisotopic (exact) mass is 284 g/mol. The number of hydrogen-bond acceptors (Lipinski definition) is 3. The summed E-state index contributed by atoms with van der Waals surface area (Å²) in [6, 6.07) is 7.75. The Bertz CT molecular complexity index is 615. The Balaban J connectivity index is 1.79. The molecule has 1 heterocycles. The number of imidazole rings is 1. The van der Waals surface area contributed by atoms with Crippen LogP contribution in [0.2, 0.25) is 0 Å². The molecule has 1 aliphatic carbocycles. The van der Waals surface area contributed by atoms with Crippen LogP contribution in [-0.2, 0) is 4.79 Å². The number of carbonyl (C=O) groups excluding carboxylic acids is 1. The number of aromatic nitrogens is 2. The molecule has 3 N–H and O–H groups in total. The molecule has 110 valence electrons. The summed E-state index contributed by atoms with van der Waals surface area (Å²) in [5, 5.41) is 3.03. The van der Waals surface area contributed by atoms with Crippen molar-refractivity contribution in [2.24, 2.45) is 11.1 Å². The molecule has 1 saturated carbocycles. The van der Waals surface area contributed by atoms with Gasteiger partial charge in [0.15, 0.2) is 0 Å². The van der Waals surface area contributed by atoms with E-state index < -0.39 is 0 Å². The molecule has 2 aromatic rings. The zero-order chi connectivity index (χ0) is 14.7. The van der Waals surface area contributed by atoms with Crippen molar-refractivity contribution < 1.29 is 4.79 Å². The van der Waals surface area contributed by atoms with Crippen LogP contribution in [0.4, 0.5) is 5.69 Å². The number of nitrogens with one attached hydrogen (secondary N) is 1. The van der Waals surface area contributed by atoms with E-state index in [1.807, 2.05) is 35.0 Å². The van der Waals surface area contributed by atoms with Crippen LogP contribution in [0, 0.1) is 5.41 Å². The lowest BCUT2D eigenvalue weighted by Gasteiger charge is -2.25. The van der Waals surface area contributed by atoms with Crippen molar-refractivity contribution in [2.75, 3.05) is 11.9 Å². The minimum Gasteiger partial charge on any atom is -0.329 e. The lowest BCUT2D eigenvalue weighted by molar-refractivity contribution is -0.124. The molecule has 21 heavy (non-hydrogen) atoms. The first-order valence-corrected chi connectivity index (χ1v) is 7.33. The summed E-state index contributed by atoms with van der Waals surface area (Å²) in [6.07, 6.45) is 9.28. The number of amides is 1. The maximum absolute atomic E-state index is 12.6. The third kappa shape index (κ3) is 2.69. The highest BCUT2D eigenvalue weighted by Crippen LogP contribution is 2.38. The Morgan fingerprint density at radius 2 is 2.19 bits per heavy atom. The van der Waals surface area contributed by atoms with E-state index in [0.29, 0.717) is 6.54 Å². The number of anilines is 1. The normalized spacial score (nSPS) is 16.8. The summed E-state index contributed by atoms with van der Waals surface area (Å²) in [5.41, 5.74) is 7.24. The van der Waals surface area contributed by atoms with Gasteiger partial charge in [0.05, 0.1) is 11.7 Å². The fourth-order valence-electron chi connectivity index (χ4n) is 3.00. The highest BCUT2D eigenvalue weighted by atomic mass is 16.2. The predicted molar refractivity (Wildman–Crippen MR) is 82.1 cm³/mol. The molecule has 0 atom stereocenters. The Morgan fingerprint density at radius 1 is 1.38 bits per heavy atom. The van der Waals surface area contributed by atoms with E-state index in [9.17, 15) is 4.79 Å². The maximum Gasteiger partial charge on any atom is 0.231 e. The van der Waals surface area contributed by atoms with Crippen molar-refractivity contribution in [2.45, 2.75) is 25.7 Å². The molecule has 0 unspecified atom stereocenters. The summed E-state index contributed by atoms with van der Waals surface area (Å²) in [6.45, 7) is 0.417. The smallest absolute Gasteiger partial charge is 0.231 e. The highest BCUT2D eigenvalue weighted by molar-refractivity contribution is 5.95. The first-order chi connectivity index (χ1) is 10.2. The second-order valence-electron chi connectivity index (χ2n) is 5.67. The third-order valence-corrected chi connectivity index (χ3v) is 4.34. The lowest BCUT2D eigenvalue weighted by Crippen LogP contribution is -2.40. The van der Waals surface area contributed by atoms with Crippen LogP contribution in [0.1, 0.15) is 25.7 Å². The van der Waals surface area contributed by atoms with E-state index in [2.05, 4.69) is 10.3 Å². The summed E-state index contributed by atoms with van der Waals surface area (Å²) in [7, 11) is 0. The van der Waals surface area contributed by atoms with Gasteiger partial charge in [-0.05, 0) is 31.0 Å². The molecule has 1 aliphatic rings. The van der Waals surface area contributed by atoms with Crippen LogP contribution >= 0.6 is 0 Å². The number of nitrogens with zero attached hydrogens (tertiary/aromatic N) is 2. The highest BCUT2D eigenvalue weighted by Gasteiger charge is 2.39. The fourth-order valence-corrected chi connectivity index (χ4v) is 3.00. The van der Waals surface area contributed by atoms with E-state index >= 15 is 0 Å². The number of rotatable bonds is 4. The van der Waals surface area contributed by atoms with Crippen molar-refractivity contribution in [3.63, 3.8) is 0 Å². The van der Waals surface area contributed by atoms with Crippen LogP contribution in [0.3, 0.4) is 0 Å². The summed E-state index contributed by atoms with van der Waals surface area (Å²) in [4.78, 5) is 16.6. The molecule has 0 bridgehead atoms. The number of hydrogen-bond donors (Lipinski definition) is 2. The molecule has 0 saturated heterocycles. The van der Waals surface area contributed by atoms with Gasteiger partial charge in [-0.2, -0.15) is 0 Å². The van der Waals surface area contributed by atoms with Gasteiger partial charge in [0, 0.05) is 30.3 Å². The average Bonchev–Trinajstić information content (AvgIpc) is 3.20. The predicted octanol–water partition coefficient (Wildman–Crippen LogP) is 2.33. The molecule has 5 heteroatoms. The molecule has 1 amide bonds. The second kappa shape index (κ2) is 5.69. The number of carbonyl (C=O) groups is 1. The van der Waals surface area contributed by atoms with E-state index in [0.717, 1.165) is 37.1 Å². The third-order valence-electron chi connectivity index (χ3n) is 4.34. The Labute approximate surface area is 124 Å². The van der Waals surface area contributed by atoms with Gasteiger partial charge < -0.3 is 15.6 Å². The van der Waals surface area contributed by atoms with Crippen molar-refractivity contribution in [1.29, 1.82) is 0 Å². The van der Waals surface area contributed by atoms with Crippen molar-refractivity contribution in [3.8, 4) is 5.69 Å². The van der Waals surface area contributed by atoms with Crippen LogP contribution in [-0.4, -0.2) is 22.0 Å². The lowest BCUT2D eigenvalue weighted by atomic mass is 9.85. The second-order valence-corrected chi connectivity index (χ2v) is 5.67. The van der Waals surface area contributed by atoms with Gasteiger partial charge >= 0.3 is 0 Å². The maximum atomic E-state index is 12.6. The summed E-state index contributed by atoms with van der Waals surface area (Å²) >= 11 is 0. The van der Waals surface area contributed by atoms with Crippen LogP contribution in [0.5, 0.6) is 0 Å². The minimum atomic E-state index is -0.384. The average molecular weight is 284 g/mol. The molecular weight excluding hydrogens is 264 g/mol. The zero-order valence-electron chi connectivity index (χ0n) is 12.0. The van der Waals surface area contributed by atoms with Gasteiger partial charge in [0.1, 0.15) is 0 Å². The topological polar surface area (TPSA) is 72.9 Å². The largest absolute Gasteiger partial charge is 0.329 e. The first-order valence-electron chi connectivity index (χ1n) is 7.33. The summed E-state index contributed by atoms with van der Waals surface area (Å²) in [5.74, 6) is 0.0466. The van der Waals surface area contributed by atoms with Gasteiger partial charge in [0.2, 0.25) is 5.91 Å². The van der Waals surface area contributed by atoms with Crippen molar-refractivity contribution in [1.82, 2.24) is 9.55 Å². The Morgan fingerprint density at radius 3 is 2.86 bits per heavy atom. The minimum absolute atomic E-state index is 0.0466. The standard InChI is InChI=1S/C16H20N4O/c17-11-16(6-1-2-7-16)15(21)19-13-4-3-5-14(10-13)20-9-8-18-12-20/h3-5,8-10,12H,1-2,6-7,11,17H2,(H,19,21). The van der Waals surface area contributed by atoms with Gasteiger partial charge in [-0.25, -0.2) is 4.98 Å². The van der Waals surface area contributed by atoms with Crippen molar-refractivity contribution in [3.05, 3.63) is 43.0 Å². The number of benzene rings is 1. The van der Waals surface area contributed by atoms with E-state index in [1.165, 1.54) is 0 Å². The summed E-state index contributed by atoms with van der Waals surface area (Å²) < 4.78 is 1.91. The molecule has 1 aromatic heterocycles. The first kappa shape index (κ1) is 13.8. The van der Waals surface area contributed by atoms with Gasteiger partial charge in [-0.3, -0.25) is 4.79 Å². The Hall–Kier alpha value is -2.14. The van der Waals surface area contributed by atoms with Crippen LogP contribution < -0.4 is 11.1 Å². The molecular formula is C16H20N4O. The number of nitrogens with two attached hydrogens (primary N) is 1. The van der Waals surface area contributed by atoms with Crippen molar-refractivity contribution >= 4 is 11.6 Å². The van der Waals surface area contributed by atoms with Crippen LogP contribution in [0.25, 0.3) is 5.69 Å². The molecule has 1 fully saturated rings. The molecule has 0 spiro atoms. The molecule has 1 aromatic carbocycles. The quantitative estimate of drug-likeness (QED) is 0.905. The van der Waals surface area contributed by atoms with Gasteiger partial charge in [-0.15, -0.1) is 0 Å².